The Hall–Kier alpha value is -3.98. The topological polar surface area (TPSA) is 94.9 Å². The summed E-state index contributed by atoms with van der Waals surface area (Å²) in [4.78, 5) is 17.2. The van der Waals surface area contributed by atoms with Gasteiger partial charge in [0.25, 0.3) is 11.1 Å². The lowest BCUT2D eigenvalue weighted by atomic mass is 9.99. The summed E-state index contributed by atoms with van der Waals surface area (Å²) in [6, 6.07) is 16.8. The number of ether oxygens (including phenoxy) is 3. The van der Waals surface area contributed by atoms with Gasteiger partial charge in [0.1, 0.15) is 24.2 Å². The number of rotatable bonds is 11. The lowest BCUT2D eigenvalue weighted by molar-refractivity contribution is -0.112. The fraction of sp³-hybridized carbons (Fsp3) is 0.200. The van der Waals surface area contributed by atoms with Crippen LogP contribution in [0.15, 0.2) is 77.8 Å². The highest BCUT2D eigenvalue weighted by Crippen LogP contribution is 2.29. The van der Waals surface area contributed by atoms with Crippen molar-refractivity contribution in [2.45, 2.75) is 13.0 Å². The molecule has 1 amide bonds. The number of anilines is 1. The van der Waals surface area contributed by atoms with E-state index >= 15 is 0 Å². The normalized spacial score (nSPS) is 12.6. The average Bonchev–Trinajstić information content (AvgIpc) is 3.29. The first-order chi connectivity index (χ1) is 16.5. The molecule has 8 nitrogen and oxygen atoms in total. The van der Waals surface area contributed by atoms with Gasteiger partial charge in [0.15, 0.2) is 0 Å². The molecule has 0 fully saturated rings. The molecule has 0 radical (unpaired) electrons. The number of aliphatic imine (C=N–C) groups is 1. The van der Waals surface area contributed by atoms with Gasteiger partial charge in [-0.3, -0.25) is 15.1 Å². The number of amides is 1. The Kier molecular flexibility index (Phi) is 8.93. The molecule has 0 saturated carbocycles. The summed E-state index contributed by atoms with van der Waals surface area (Å²) in [5, 5.41) is 11.4. The second-order valence-electron chi connectivity index (χ2n) is 7.00. The van der Waals surface area contributed by atoms with Crippen LogP contribution in [0.2, 0.25) is 0 Å². The second kappa shape index (κ2) is 12.3. The maximum absolute atomic E-state index is 13.1. The van der Waals surface area contributed by atoms with Gasteiger partial charge in [-0.15, -0.1) is 5.10 Å². The van der Waals surface area contributed by atoms with Crippen LogP contribution in [-0.2, 0) is 4.79 Å². The second-order valence-corrected chi connectivity index (χ2v) is 7.94. The van der Waals surface area contributed by atoms with Crippen LogP contribution in [0.1, 0.15) is 12.5 Å². The van der Waals surface area contributed by atoms with Crippen molar-refractivity contribution in [2.24, 2.45) is 4.99 Å². The van der Waals surface area contributed by atoms with Gasteiger partial charge in [-0.2, -0.15) is 0 Å². The van der Waals surface area contributed by atoms with Gasteiger partial charge in [-0.1, -0.05) is 54.2 Å². The highest BCUT2D eigenvalue weighted by Gasteiger charge is 2.18. The third-order valence-corrected chi connectivity index (χ3v) is 5.28. The molecule has 176 valence electrons. The Morgan fingerprint density at radius 1 is 1.18 bits per heavy atom. The van der Waals surface area contributed by atoms with Gasteiger partial charge in [-0.05, 0) is 36.5 Å². The van der Waals surface area contributed by atoms with E-state index < -0.39 is 5.91 Å². The van der Waals surface area contributed by atoms with E-state index in [-0.39, 0.29) is 6.10 Å². The van der Waals surface area contributed by atoms with E-state index in [0.717, 1.165) is 17.1 Å². The molecule has 2 aromatic carbocycles. The van der Waals surface area contributed by atoms with E-state index in [0.29, 0.717) is 39.4 Å². The lowest BCUT2D eigenvalue weighted by Gasteiger charge is -2.13. The van der Waals surface area contributed by atoms with Crippen LogP contribution < -0.4 is 19.5 Å². The molecule has 9 heteroatoms. The molecule has 1 N–H and O–H groups in total. The van der Waals surface area contributed by atoms with Gasteiger partial charge < -0.3 is 14.2 Å². The van der Waals surface area contributed by atoms with E-state index in [2.05, 4.69) is 27.1 Å². The molecule has 1 aromatic heterocycles. The predicted octanol–water partition coefficient (Wildman–Crippen LogP) is 4.67. The molecule has 0 bridgehead atoms. The molecule has 0 saturated heterocycles. The number of allylic oxidation sites excluding steroid dienone is 1. The number of carbonyl (C=O) groups excluding carboxylic acids is 1. The van der Waals surface area contributed by atoms with Crippen molar-refractivity contribution in [2.75, 3.05) is 26.1 Å². The number of carbonyl (C=O) groups is 1. The van der Waals surface area contributed by atoms with Crippen LogP contribution in [0.25, 0.3) is 5.57 Å². The number of aromatic nitrogens is 2. The zero-order valence-corrected chi connectivity index (χ0v) is 20.0. The zero-order chi connectivity index (χ0) is 24.3. The number of methoxy groups -OCH3 is 1. The Bertz CT molecular complexity index is 1170. The highest BCUT2D eigenvalue weighted by atomic mass is 32.1. The molecule has 34 heavy (non-hydrogen) atoms. The van der Waals surface area contributed by atoms with Crippen molar-refractivity contribution in [1.29, 1.82) is 0 Å². The fourth-order valence-corrected chi connectivity index (χ4v) is 3.70. The van der Waals surface area contributed by atoms with Crippen molar-refractivity contribution >= 4 is 34.2 Å². The zero-order valence-electron chi connectivity index (χ0n) is 19.2. The molecule has 3 rings (SSSR count). The number of hydrogen-bond donors (Lipinski definition) is 1. The third kappa shape index (κ3) is 6.52. The predicted molar refractivity (Wildman–Crippen MR) is 135 cm³/mol. The third-order valence-electron chi connectivity index (χ3n) is 4.55. The molecule has 3 aromatic rings. The van der Waals surface area contributed by atoms with Crippen LogP contribution in [0, 0.1) is 0 Å². The molecule has 0 aliphatic rings. The molecule has 0 spiro atoms. The average molecular weight is 479 g/mol. The van der Waals surface area contributed by atoms with Gasteiger partial charge in [0.05, 0.1) is 7.11 Å². The smallest absolute Gasteiger partial charge is 0.296 e. The van der Waals surface area contributed by atoms with Gasteiger partial charge in [-0.25, -0.2) is 0 Å². The largest absolute Gasteiger partial charge is 0.496 e. The highest BCUT2D eigenvalue weighted by molar-refractivity contribution is 7.17. The monoisotopic (exact) mass is 478 g/mol. The summed E-state index contributed by atoms with van der Waals surface area (Å²) in [6.45, 7) is 6.01. The van der Waals surface area contributed by atoms with E-state index in [1.807, 2.05) is 61.5 Å². The number of benzene rings is 2. The Morgan fingerprint density at radius 2 is 1.91 bits per heavy atom. The standard InChI is InChI=1S/C25H26N4O4S/c1-5-19(21(15-26-3)20-13-9-10-14-22(20)31-4)23(30)27-24-28-29-25(34-24)33-17(2)16-32-18-11-7-6-8-12-18/h5-15,17H,1,16H2,2-4H3,(H,27,28,30)/b21-19-,26-15?. The number of nitrogens with zero attached hydrogens (tertiary/aromatic N) is 3. The Morgan fingerprint density at radius 3 is 2.62 bits per heavy atom. The van der Waals surface area contributed by atoms with Crippen molar-refractivity contribution in [3.8, 4) is 16.7 Å². The molecule has 0 aliphatic carbocycles. The lowest BCUT2D eigenvalue weighted by Crippen LogP contribution is -2.20. The molecular weight excluding hydrogens is 452 g/mol. The SMILES string of the molecule is C=C/C(C(=O)Nc1nnc(OC(C)COc2ccccc2)s1)=C(\C=NC)c1ccccc1OC. The van der Waals surface area contributed by atoms with Gasteiger partial charge in [0, 0.05) is 30.0 Å². The van der Waals surface area contributed by atoms with Crippen molar-refractivity contribution < 1.29 is 19.0 Å². The van der Waals surface area contributed by atoms with Crippen LogP contribution in [0.4, 0.5) is 5.13 Å². The summed E-state index contributed by atoms with van der Waals surface area (Å²) in [5.41, 5.74) is 1.60. The molecule has 1 unspecified atom stereocenters. The molecule has 0 aliphatic heterocycles. The summed E-state index contributed by atoms with van der Waals surface area (Å²) in [7, 11) is 3.20. The van der Waals surface area contributed by atoms with Gasteiger partial charge in [0.2, 0.25) is 5.13 Å². The maximum Gasteiger partial charge on any atom is 0.296 e. The summed E-state index contributed by atoms with van der Waals surface area (Å²) in [5.74, 6) is 0.968. The number of hydrogen-bond acceptors (Lipinski definition) is 8. The van der Waals surface area contributed by atoms with Crippen molar-refractivity contribution in [3.63, 3.8) is 0 Å². The minimum atomic E-state index is -0.404. The van der Waals surface area contributed by atoms with E-state index in [1.54, 1.807) is 20.4 Å². The first-order valence-corrected chi connectivity index (χ1v) is 11.3. The quantitative estimate of drug-likeness (QED) is 0.244. The summed E-state index contributed by atoms with van der Waals surface area (Å²) >= 11 is 1.12. The Labute approximate surface area is 202 Å². The van der Waals surface area contributed by atoms with Crippen LogP contribution in [0.5, 0.6) is 16.7 Å². The molecular formula is C25H26N4O4S. The van der Waals surface area contributed by atoms with E-state index in [4.69, 9.17) is 14.2 Å². The summed E-state index contributed by atoms with van der Waals surface area (Å²) in [6.07, 6.45) is 2.80. The van der Waals surface area contributed by atoms with E-state index in [9.17, 15) is 4.79 Å². The van der Waals surface area contributed by atoms with Crippen LogP contribution >= 0.6 is 11.3 Å². The Balaban J connectivity index is 1.71. The molecule has 1 heterocycles. The first-order valence-electron chi connectivity index (χ1n) is 10.5. The molecule has 1 atom stereocenters. The van der Waals surface area contributed by atoms with Crippen LogP contribution in [0.3, 0.4) is 0 Å². The van der Waals surface area contributed by atoms with Gasteiger partial charge >= 0.3 is 0 Å². The van der Waals surface area contributed by atoms with Crippen molar-refractivity contribution in [1.82, 2.24) is 10.2 Å². The number of para-hydroxylation sites is 2. The number of nitrogens with one attached hydrogen (secondary N) is 1. The fourth-order valence-electron chi connectivity index (χ4n) is 3.01. The van der Waals surface area contributed by atoms with E-state index in [1.165, 1.54) is 6.08 Å². The van der Waals surface area contributed by atoms with Crippen LogP contribution in [-0.4, -0.2) is 49.2 Å². The first kappa shape index (κ1) is 24.7. The summed E-state index contributed by atoms with van der Waals surface area (Å²) < 4.78 is 16.9. The maximum atomic E-state index is 13.1. The minimum Gasteiger partial charge on any atom is -0.496 e. The van der Waals surface area contributed by atoms with Crippen molar-refractivity contribution in [3.05, 3.63) is 78.4 Å². The minimum absolute atomic E-state index is 0.266.